The van der Waals surface area contributed by atoms with Gasteiger partial charge in [-0.15, -0.1) is 0 Å². The van der Waals surface area contributed by atoms with E-state index in [0.717, 1.165) is 19.3 Å². The van der Waals surface area contributed by atoms with Crippen LogP contribution >= 0.6 is 0 Å². The summed E-state index contributed by atoms with van der Waals surface area (Å²) in [6, 6.07) is 0. The van der Waals surface area contributed by atoms with Gasteiger partial charge in [0.1, 0.15) is 0 Å². The van der Waals surface area contributed by atoms with Gasteiger partial charge in [-0.3, -0.25) is 0 Å². The SMILES string of the molecule is CCCC1CC1C(F)(F)CCC. The van der Waals surface area contributed by atoms with E-state index in [1.165, 1.54) is 0 Å². The first kappa shape index (κ1) is 9.94. The third-order valence-corrected chi connectivity index (χ3v) is 2.71. The van der Waals surface area contributed by atoms with Crippen LogP contribution < -0.4 is 0 Å². The molecule has 1 rings (SSSR count). The molecule has 0 radical (unpaired) electrons. The maximum atomic E-state index is 13.2. The van der Waals surface area contributed by atoms with Crippen LogP contribution in [0.4, 0.5) is 8.78 Å². The summed E-state index contributed by atoms with van der Waals surface area (Å²) in [5, 5.41) is 0. The molecule has 72 valence electrons. The first-order chi connectivity index (χ1) is 5.61. The maximum absolute atomic E-state index is 13.2. The van der Waals surface area contributed by atoms with Gasteiger partial charge < -0.3 is 0 Å². The topological polar surface area (TPSA) is 0 Å². The minimum atomic E-state index is -2.37. The van der Waals surface area contributed by atoms with Crippen molar-refractivity contribution in [3.8, 4) is 0 Å². The van der Waals surface area contributed by atoms with Gasteiger partial charge in [-0.2, -0.15) is 0 Å². The summed E-state index contributed by atoms with van der Waals surface area (Å²) in [5.74, 6) is -2.32. The van der Waals surface area contributed by atoms with E-state index in [-0.39, 0.29) is 12.3 Å². The van der Waals surface area contributed by atoms with Crippen molar-refractivity contribution in [3.05, 3.63) is 0 Å². The molecule has 0 aromatic carbocycles. The van der Waals surface area contributed by atoms with Gasteiger partial charge in [0.15, 0.2) is 0 Å². The molecule has 1 aliphatic carbocycles. The van der Waals surface area contributed by atoms with Gasteiger partial charge in [0.25, 0.3) is 5.92 Å². The third kappa shape index (κ3) is 2.18. The zero-order valence-corrected chi connectivity index (χ0v) is 7.95. The first-order valence-corrected chi connectivity index (χ1v) is 4.99. The highest BCUT2D eigenvalue weighted by Gasteiger charge is 2.52. The summed E-state index contributed by atoms with van der Waals surface area (Å²) < 4.78 is 26.4. The molecular weight excluding hydrogens is 158 g/mol. The van der Waals surface area contributed by atoms with E-state index < -0.39 is 5.92 Å². The molecule has 2 heteroatoms. The molecule has 0 aromatic rings. The Morgan fingerprint density at radius 2 is 1.92 bits per heavy atom. The van der Waals surface area contributed by atoms with Gasteiger partial charge in [-0.1, -0.05) is 33.1 Å². The second kappa shape index (κ2) is 3.71. The molecule has 0 heterocycles. The van der Waals surface area contributed by atoms with E-state index in [9.17, 15) is 8.78 Å². The zero-order valence-electron chi connectivity index (χ0n) is 7.95. The van der Waals surface area contributed by atoms with Crippen LogP contribution in [-0.4, -0.2) is 5.92 Å². The van der Waals surface area contributed by atoms with E-state index in [0.29, 0.717) is 12.3 Å². The van der Waals surface area contributed by atoms with Crippen molar-refractivity contribution in [3.63, 3.8) is 0 Å². The fourth-order valence-electron chi connectivity index (χ4n) is 1.97. The molecule has 12 heavy (non-hydrogen) atoms. The van der Waals surface area contributed by atoms with E-state index in [1.807, 2.05) is 6.92 Å². The molecule has 0 nitrogen and oxygen atoms in total. The number of alkyl halides is 2. The molecule has 0 aromatic heterocycles. The summed E-state index contributed by atoms with van der Waals surface area (Å²) in [4.78, 5) is 0. The summed E-state index contributed by atoms with van der Waals surface area (Å²) in [5.41, 5.74) is 0. The van der Waals surface area contributed by atoms with Crippen molar-refractivity contribution >= 4 is 0 Å². The largest absolute Gasteiger partial charge is 0.251 e. The van der Waals surface area contributed by atoms with Crippen molar-refractivity contribution in [2.24, 2.45) is 11.8 Å². The molecule has 1 aliphatic rings. The van der Waals surface area contributed by atoms with Gasteiger partial charge >= 0.3 is 0 Å². The van der Waals surface area contributed by atoms with Crippen molar-refractivity contribution in [2.75, 3.05) is 0 Å². The van der Waals surface area contributed by atoms with Crippen molar-refractivity contribution in [1.29, 1.82) is 0 Å². The van der Waals surface area contributed by atoms with Crippen LogP contribution in [0.3, 0.4) is 0 Å². The lowest BCUT2D eigenvalue weighted by atomic mass is 10.1. The zero-order chi connectivity index (χ0) is 9.19. The second-order valence-electron chi connectivity index (χ2n) is 3.90. The fourth-order valence-corrected chi connectivity index (χ4v) is 1.97. The third-order valence-electron chi connectivity index (χ3n) is 2.71. The van der Waals surface area contributed by atoms with Gasteiger partial charge in [-0.25, -0.2) is 8.78 Å². The lowest BCUT2D eigenvalue weighted by Crippen LogP contribution is -2.19. The standard InChI is InChI=1S/C10H18F2/c1-3-5-8-7-9(8)10(11,12)6-4-2/h8-9H,3-7H2,1-2H3. The van der Waals surface area contributed by atoms with Gasteiger partial charge in [0.05, 0.1) is 0 Å². The Morgan fingerprint density at radius 3 is 2.42 bits per heavy atom. The van der Waals surface area contributed by atoms with Crippen LogP contribution in [0.5, 0.6) is 0 Å². The highest BCUT2D eigenvalue weighted by molar-refractivity contribution is 4.95. The number of hydrogen-bond donors (Lipinski definition) is 0. The monoisotopic (exact) mass is 176 g/mol. The molecule has 0 N–H and O–H groups in total. The summed E-state index contributed by atoms with van der Waals surface area (Å²) in [6.45, 7) is 3.89. The Morgan fingerprint density at radius 1 is 1.25 bits per heavy atom. The molecular formula is C10H18F2. The van der Waals surface area contributed by atoms with Crippen LogP contribution in [0.15, 0.2) is 0 Å². The summed E-state index contributed by atoms with van der Waals surface area (Å²) in [7, 11) is 0. The minimum Gasteiger partial charge on any atom is -0.207 e. The molecule has 2 unspecified atom stereocenters. The molecule has 1 saturated carbocycles. The first-order valence-electron chi connectivity index (χ1n) is 4.99. The smallest absolute Gasteiger partial charge is 0.207 e. The molecule has 0 spiro atoms. The van der Waals surface area contributed by atoms with Crippen LogP contribution in [-0.2, 0) is 0 Å². The normalized spacial score (nSPS) is 29.0. The Hall–Kier alpha value is -0.140. The van der Waals surface area contributed by atoms with Crippen molar-refractivity contribution in [1.82, 2.24) is 0 Å². The predicted molar refractivity (Wildman–Crippen MR) is 46.4 cm³/mol. The van der Waals surface area contributed by atoms with Gasteiger partial charge in [-0.05, 0) is 12.3 Å². The second-order valence-corrected chi connectivity index (χ2v) is 3.90. The highest BCUT2D eigenvalue weighted by Crippen LogP contribution is 2.53. The molecule has 0 amide bonds. The molecule has 0 bridgehead atoms. The Balaban J connectivity index is 2.30. The van der Waals surface area contributed by atoms with E-state index in [1.54, 1.807) is 0 Å². The van der Waals surface area contributed by atoms with Crippen LogP contribution in [0.25, 0.3) is 0 Å². The quantitative estimate of drug-likeness (QED) is 0.596. The molecule has 1 fully saturated rings. The average Bonchev–Trinajstić information content (AvgIpc) is 2.68. The lowest BCUT2D eigenvalue weighted by molar-refractivity contribution is -0.0363. The maximum Gasteiger partial charge on any atom is 0.251 e. The molecule has 0 aliphatic heterocycles. The average molecular weight is 176 g/mol. The van der Waals surface area contributed by atoms with Crippen LogP contribution in [0.2, 0.25) is 0 Å². The lowest BCUT2D eigenvalue weighted by Gasteiger charge is -2.14. The van der Waals surface area contributed by atoms with Gasteiger partial charge in [0.2, 0.25) is 0 Å². The van der Waals surface area contributed by atoms with Crippen LogP contribution in [0.1, 0.15) is 46.0 Å². The predicted octanol–water partition coefficient (Wildman–Crippen LogP) is 3.86. The van der Waals surface area contributed by atoms with Crippen molar-refractivity contribution < 1.29 is 8.78 Å². The van der Waals surface area contributed by atoms with Gasteiger partial charge in [0, 0.05) is 12.3 Å². The van der Waals surface area contributed by atoms with Crippen LogP contribution in [0, 0.1) is 11.8 Å². The highest BCUT2D eigenvalue weighted by atomic mass is 19.3. The Kier molecular flexibility index (Phi) is 3.08. The number of halogens is 2. The number of rotatable bonds is 5. The Bertz CT molecular complexity index is 143. The molecule has 2 atom stereocenters. The summed E-state index contributed by atoms with van der Waals surface area (Å²) >= 11 is 0. The number of hydrogen-bond acceptors (Lipinski definition) is 0. The fraction of sp³-hybridized carbons (Fsp3) is 1.00. The molecule has 0 saturated heterocycles. The van der Waals surface area contributed by atoms with E-state index in [4.69, 9.17) is 0 Å². The summed E-state index contributed by atoms with van der Waals surface area (Å²) in [6.07, 6.45) is 3.48. The van der Waals surface area contributed by atoms with Crippen molar-refractivity contribution in [2.45, 2.75) is 51.9 Å². The Labute approximate surface area is 73.3 Å². The van der Waals surface area contributed by atoms with E-state index in [2.05, 4.69) is 6.92 Å². The van der Waals surface area contributed by atoms with E-state index >= 15 is 0 Å². The minimum absolute atomic E-state index is 0.0812.